The van der Waals surface area contributed by atoms with Crippen LogP contribution in [0.3, 0.4) is 0 Å². The zero-order valence-electron chi connectivity index (χ0n) is 8.88. The Hall–Kier alpha value is -0.420. The lowest BCUT2D eigenvalue weighted by Crippen LogP contribution is -2.01. The molecule has 1 aromatic heterocycles. The molecule has 1 aromatic carbocycles. The first-order valence-corrected chi connectivity index (χ1v) is 6.87. The van der Waals surface area contributed by atoms with Crippen molar-refractivity contribution in [1.82, 2.24) is 0 Å². The lowest BCUT2D eigenvalue weighted by molar-refractivity contribution is 0.218. The van der Waals surface area contributed by atoms with Gasteiger partial charge in [-0.3, -0.25) is 0 Å². The van der Waals surface area contributed by atoms with E-state index >= 15 is 0 Å². The topological polar surface area (TPSA) is 20.2 Å². The molecule has 2 rings (SSSR count). The average Bonchev–Trinajstić information content (AvgIpc) is 2.61. The molecule has 1 nitrogen and oxygen atoms in total. The van der Waals surface area contributed by atoms with Crippen LogP contribution in [0.2, 0.25) is 5.02 Å². The molecule has 0 saturated carbocycles. The number of aryl methyl sites for hydroxylation is 1. The molecule has 5 heteroatoms. The van der Waals surface area contributed by atoms with Gasteiger partial charge in [-0.2, -0.15) is 0 Å². The second-order valence-electron chi connectivity index (χ2n) is 3.61. The fourth-order valence-corrected chi connectivity index (χ4v) is 3.62. The minimum atomic E-state index is -0.998. The molecule has 0 bridgehead atoms. The minimum Gasteiger partial charge on any atom is -0.383 e. The summed E-state index contributed by atoms with van der Waals surface area (Å²) in [5, 5.41) is 10.2. The summed E-state index contributed by atoms with van der Waals surface area (Å²) in [5.41, 5.74) is 0.194. The number of aliphatic hydroxyl groups excluding tert-OH is 1. The van der Waals surface area contributed by atoms with Crippen LogP contribution in [-0.4, -0.2) is 5.11 Å². The van der Waals surface area contributed by atoms with Gasteiger partial charge in [-0.25, -0.2) is 4.39 Å². The van der Waals surface area contributed by atoms with Gasteiger partial charge in [-0.15, -0.1) is 11.3 Å². The SMILES string of the molecule is Cc1cc(Br)c(C(O)c2cccc(Cl)c2F)s1. The van der Waals surface area contributed by atoms with Gasteiger partial charge in [0.15, 0.2) is 0 Å². The second kappa shape index (κ2) is 5.06. The molecule has 1 atom stereocenters. The van der Waals surface area contributed by atoms with Crippen molar-refractivity contribution in [3.63, 3.8) is 0 Å². The Morgan fingerprint density at radius 1 is 1.47 bits per heavy atom. The predicted molar refractivity (Wildman–Crippen MR) is 72.2 cm³/mol. The second-order valence-corrected chi connectivity index (χ2v) is 6.16. The van der Waals surface area contributed by atoms with E-state index in [1.54, 1.807) is 6.07 Å². The molecule has 0 aliphatic rings. The fraction of sp³-hybridized carbons (Fsp3) is 0.167. The molecular formula is C12H9BrClFOS. The van der Waals surface area contributed by atoms with Gasteiger partial charge in [0.1, 0.15) is 11.9 Å². The van der Waals surface area contributed by atoms with Crippen molar-refractivity contribution in [2.45, 2.75) is 13.0 Å². The maximum atomic E-state index is 13.8. The zero-order chi connectivity index (χ0) is 12.6. The standard InChI is InChI=1S/C12H9BrClFOS/c1-6-5-8(13)12(17-6)11(16)7-3-2-4-9(14)10(7)15/h2-5,11,16H,1H3. The van der Waals surface area contributed by atoms with Crippen molar-refractivity contribution in [2.24, 2.45) is 0 Å². The Balaban J connectivity index is 2.47. The summed E-state index contributed by atoms with van der Waals surface area (Å²) in [5.74, 6) is -0.570. The molecule has 1 N–H and O–H groups in total. The van der Waals surface area contributed by atoms with Gasteiger partial charge in [-0.1, -0.05) is 23.7 Å². The monoisotopic (exact) mass is 334 g/mol. The van der Waals surface area contributed by atoms with E-state index < -0.39 is 11.9 Å². The van der Waals surface area contributed by atoms with E-state index in [2.05, 4.69) is 15.9 Å². The van der Waals surface area contributed by atoms with Crippen LogP contribution in [-0.2, 0) is 0 Å². The molecule has 0 saturated heterocycles. The van der Waals surface area contributed by atoms with Crippen molar-refractivity contribution in [1.29, 1.82) is 0 Å². The molecule has 2 aromatic rings. The molecule has 0 amide bonds. The maximum absolute atomic E-state index is 13.8. The Bertz CT molecular complexity index is 555. The quantitative estimate of drug-likeness (QED) is 0.844. The molecule has 0 fully saturated rings. The highest BCUT2D eigenvalue weighted by molar-refractivity contribution is 9.10. The van der Waals surface area contributed by atoms with Gasteiger partial charge >= 0.3 is 0 Å². The predicted octanol–water partition coefficient (Wildman–Crippen LogP) is 4.69. The highest BCUT2D eigenvalue weighted by atomic mass is 79.9. The summed E-state index contributed by atoms with van der Waals surface area (Å²) < 4.78 is 14.6. The van der Waals surface area contributed by atoms with Crippen LogP contribution in [0.5, 0.6) is 0 Å². The van der Waals surface area contributed by atoms with Gasteiger partial charge < -0.3 is 5.11 Å². The molecule has 0 spiro atoms. The van der Waals surface area contributed by atoms with Crippen LogP contribution >= 0.6 is 38.9 Å². The molecule has 90 valence electrons. The van der Waals surface area contributed by atoms with E-state index in [-0.39, 0.29) is 10.6 Å². The van der Waals surface area contributed by atoms with Gasteiger partial charge in [-0.05, 0) is 35.0 Å². The Morgan fingerprint density at radius 2 is 2.18 bits per heavy atom. The normalized spacial score (nSPS) is 12.8. The fourth-order valence-electron chi connectivity index (χ4n) is 1.56. The number of hydrogen-bond donors (Lipinski definition) is 1. The van der Waals surface area contributed by atoms with Gasteiger partial charge in [0, 0.05) is 14.9 Å². The third-order valence-corrected chi connectivity index (χ3v) is 4.67. The van der Waals surface area contributed by atoms with Crippen LogP contribution < -0.4 is 0 Å². The van der Waals surface area contributed by atoms with Crippen molar-refractivity contribution in [2.75, 3.05) is 0 Å². The molecule has 1 unspecified atom stereocenters. The first-order chi connectivity index (χ1) is 8.00. The van der Waals surface area contributed by atoms with E-state index in [1.807, 2.05) is 13.0 Å². The number of benzene rings is 1. The first kappa shape index (κ1) is 13.0. The van der Waals surface area contributed by atoms with Crippen LogP contribution in [0.1, 0.15) is 21.4 Å². The molecule has 0 aliphatic heterocycles. The highest BCUT2D eigenvalue weighted by Crippen LogP contribution is 2.37. The number of rotatable bonds is 2. The van der Waals surface area contributed by atoms with E-state index in [0.717, 1.165) is 9.35 Å². The van der Waals surface area contributed by atoms with Crippen LogP contribution in [0.25, 0.3) is 0 Å². The summed E-state index contributed by atoms with van der Waals surface area (Å²) in [4.78, 5) is 1.73. The largest absolute Gasteiger partial charge is 0.383 e. The molecule has 1 heterocycles. The van der Waals surface area contributed by atoms with Gasteiger partial charge in [0.2, 0.25) is 0 Å². The Labute approximate surface area is 116 Å². The summed E-state index contributed by atoms with van der Waals surface area (Å²) in [7, 11) is 0. The van der Waals surface area contributed by atoms with Crippen molar-refractivity contribution in [3.05, 3.63) is 54.9 Å². The van der Waals surface area contributed by atoms with Crippen LogP contribution in [0.4, 0.5) is 4.39 Å². The smallest absolute Gasteiger partial charge is 0.147 e. The van der Waals surface area contributed by atoms with E-state index in [0.29, 0.717) is 4.88 Å². The minimum absolute atomic E-state index is 0.0194. The summed E-state index contributed by atoms with van der Waals surface area (Å²) in [6.07, 6.45) is -0.998. The third kappa shape index (κ3) is 2.55. The van der Waals surface area contributed by atoms with E-state index in [1.165, 1.54) is 23.5 Å². The van der Waals surface area contributed by atoms with E-state index in [9.17, 15) is 9.50 Å². The van der Waals surface area contributed by atoms with Crippen molar-refractivity contribution < 1.29 is 9.50 Å². The van der Waals surface area contributed by atoms with Crippen molar-refractivity contribution in [3.8, 4) is 0 Å². The third-order valence-electron chi connectivity index (χ3n) is 2.36. The summed E-state index contributed by atoms with van der Waals surface area (Å²) in [6.45, 7) is 1.93. The Kier molecular flexibility index (Phi) is 3.88. The maximum Gasteiger partial charge on any atom is 0.147 e. The molecular weight excluding hydrogens is 327 g/mol. The van der Waals surface area contributed by atoms with E-state index in [4.69, 9.17) is 11.6 Å². The van der Waals surface area contributed by atoms with Gasteiger partial charge in [0.25, 0.3) is 0 Å². The first-order valence-electron chi connectivity index (χ1n) is 4.88. The number of aliphatic hydroxyl groups is 1. The molecule has 17 heavy (non-hydrogen) atoms. The number of thiophene rings is 1. The number of hydrogen-bond acceptors (Lipinski definition) is 2. The summed E-state index contributed by atoms with van der Waals surface area (Å²) in [6, 6.07) is 6.51. The van der Waals surface area contributed by atoms with Crippen LogP contribution in [0.15, 0.2) is 28.7 Å². The van der Waals surface area contributed by atoms with Crippen molar-refractivity contribution >= 4 is 38.9 Å². The number of halogens is 3. The lowest BCUT2D eigenvalue weighted by Gasteiger charge is -2.11. The van der Waals surface area contributed by atoms with Gasteiger partial charge in [0.05, 0.1) is 9.90 Å². The zero-order valence-corrected chi connectivity index (χ0v) is 12.0. The van der Waals surface area contributed by atoms with Crippen LogP contribution in [0, 0.1) is 12.7 Å². The molecule has 0 radical (unpaired) electrons. The Morgan fingerprint density at radius 3 is 2.76 bits per heavy atom. The average molecular weight is 336 g/mol. The highest BCUT2D eigenvalue weighted by Gasteiger charge is 2.20. The molecule has 0 aliphatic carbocycles. The lowest BCUT2D eigenvalue weighted by atomic mass is 10.1. The summed E-state index contributed by atoms with van der Waals surface area (Å²) >= 11 is 10.5.